The van der Waals surface area contributed by atoms with Crippen molar-refractivity contribution in [1.29, 1.82) is 0 Å². The largest absolute Gasteiger partial charge is 0.481 e. The predicted molar refractivity (Wildman–Crippen MR) is 117 cm³/mol. The van der Waals surface area contributed by atoms with E-state index in [1.807, 2.05) is 0 Å². The van der Waals surface area contributed by atoms with Gasteiger partial charge in [0.2, 0.25) is 0 Å². The standard InChI is InChI=1S/C26H46O2/c1-2-3-20-4-6-21(7-5-20)8-9-22-10-12-23(13-11-22)14-15-24-16-18-25(19-17-24)26(27)28/h20-25H,2-19H2,1H3,(H,27,28). The van der Waals surface area contributed by atoms with Crippen molar-refractivity contribution >= 4 is 5.97 Å². The second-order valence-electron chi connectivity index (χ2n) is 10.8. The average Bonchev–Trinajstić information content (AvgIpc) is 2.73. The number of carboxylic acid groups (broad SMARTS) is 1. The Hall–Kier alpha value is -0.530. The lowest BCUT2D eigenvalue weighted by Gasteiger charge is -2.33. The fourth-order valence-electron chi connectivity index (χ4n) is 6.67. The summed E-state index contributed by atoms with van der Waals surface area (Å²) < 4.78 is 0. The van der Waals surface area contributed by atoms with E-state index in [0.29, 0.717) is 0 Å². The highest BCUT2D eigenvalue weighted by Crippen LogP contribution is 2.40. The molecule has 0 bridgehead atoms. The third kappa shape index (κ3) is 7.06. The number of aliphatic carboxylic acids is 1. The Morgan fingerprint density at radius 2 is 0.857 bits per heavy atom. The van der Waals surface area contributed by atoms with Crippen LogP contribution in [0.4, 0.5) is 0 Å². The van der Waals surface area contributed by atoms with Gasteiger partial charge < -0.3 is 5.11 Å². The molecule has 2 heteroatoms. The van der Waals surface area contributed by atoms with Crippen LogP contribution in [-0.4, -0.2) is 11.1 Å². The first-order valence-electron chi connectivity index (χ1n) is 12.9. The molecule has 3 saturated carbocycles. The van der Waals surface area contributed by atoms with Crippen LogP contribution >= 0.6 is 0 Å². The summed E-state index contributed by atoms with van der Waals surface area (Å²) in [6.45, 7) is 2.34. The number of carboxylic acids is 1. The molecule has 28 heavy (non-hydrogen) atoms. The molecule has 0 radical (unpaired) electrons. The Morgan fingerprint density at radius 3 is 1.14 bits per heavy atom. The van der Waals surface area contributed by atoms with E-state index in [9.17, 15) is 4.79 Å². The van der Waals surface area contributed by atoms with Crippen molar-refractivity contribution < 1.29 is 9.90 Å². The van der Waals surface area contributed by atoms with E-state index < -0.39 is 5.97 Å². The van der Waals surface area contributed by atoms with Crippen molar-refractivity contribution in [2.75, 3.05) is 0 Å². The molecule has 0 saturated heterocycles. The van der Waals surface area contributed by atoms with Crippen molar-refractivity contribution in [3.63, 3.8) is 0 Å². The number of rotatable bonds is 9. The Morgan fingerprint density at radius 1 is 0.571 bits per heavy atom. The summed E-state index contributed by atoms with van der Waals surface area (Å²) in [5.74, 6) is 4.30. The first-order chi connectivity index (χ1) is 13.6. The van der Waals surface area contributed by atoms with Crippen molar-refractivity contribution in [2.45, 2.75) is 122 Å². The maximum atomic E-state index is 11.1. The molecule has 0 unspecified atom stereocenters. The van der Waals surface area contributed by atoms with Crippen LogP contribution in [0.15, 0.2) is 0 Å². The summed E-state index contributed by atoms with van der Waals surface area (Å²) in [5.41, 5.74) is 0. The van der Waals surface area contributed by atoms with Crippen molar-refractivity contribution in [1.82, 2.24) is 0 Å². The Bertz CT molecular complexity index is 435. The molecule has 0 aromatic heterocycles. The summed E-state index contributed by atoms with van der Waals surface area (Å²) in [4.78, 5) is 11.1. The molecule has 0 amide bonds. The zero-order valence-electron chi connectivity index (χ0n) is 18.5. The van der Waals surface area contributed by atoms with E-state index in [-0.39, 0.29) is 5.92 Å². The van der Waals surface area contributed by atoms with Gasteiger partial charge in [-0.15, -0.1) is 0 Å². The van der Waals surface area contributed by atoms with Crippen LogP contribution in [0.1, 0.15) is 122 Å². The van der Waals surface area contributed by atoms with Crippen LogP contribution in [0.2, 0.25) is 0 Å². The molecule has 0 atom stereocenters. The van der Waals surface area contributed by atoms with Crippen LogP contribution in [0.3, 0.4) is 0 Å². The van der Waals surface area contributed by atoms with Gasteiger partial charge in [-0.05, 0) is 55.3 Å². The minimum absolute atomic E-state index is 0.0478. The topological polar surface area (TPSA) is 37.3 Å². The van der Waals surface area contributed by atoms with Crippen LogP contribution in [-0.2, 0) is 4.79 Å². The van der Waals surface area contributed by atoms with Gasteiger partial charge >= 0.3 is 5.97 Å². The van der Waals surface area contributed by atoms with Gasteiger partial charge in [-0.1, -0.05) is 96.8 Å². The van der Waals surface area contributed by atoms with Crippen molar-refractivity contribution in [3.8, 4) is 0 Å². The molecule has 3 aliphatic rings. The number of hydrogen-bond donors (Lipinski definition) is 1. The lowest BCUT2D eigenvalue weighted by atomic mass is 9.73. The molecular formula is C26H46O2. The molecule has 3 rings (SSSR count). The highest BCUT2D eigenvalue weighted by molar-refractivity contribution is 5.69. The summed E-state index contributed by atoms with van der Waals surface area (Å²) in [6, 6.07) is 0. The van der Waals surface area contributed by atoms with Gasteiger partial charge in [0.25, 0.3) is 0 Å². The van der Waals surface area contributed by atoms with E-state index in [2.05, 4.69) is 6.92 Å². The summed E-state index contributed by atoms with van der Waals surface area (Å²) in [7, 11) is 0. The molecule has 0 aliphatic heterocycles. The second-order valence-corrected chi connectivity index (χ2v) is 10.8. The lowest BCUT2D eigenvalue weighted by Crippen LogP contribution is -2.22. The van der Waals surface area contributed by atoms with Gasteiger partial charge in [0, 0.05) is 0 Å². The highest BCUT2D eigenvalue weighted by atomic mass is 16.4. The summed E-state index contributed by atoms with van der Waals surface area (Å²) in [6.07, 6.45) is 24.8. The molecule has 0 aromatic carbocycles. The number of hydrogen-bond acceptors (Lipinski definition) is 1. The predicted octanol–water partition coefficient (Wildman–Crippen LogP) is 7.85. The minimum atomic E-state index is -0.564. The van der Waals surface area contributed by atoms with E-state index in [0.717, 1.165) is 55.3 Å². The van der Waals surface area contributed by atoms with Crippen LogP contribution < -0.4 is 0 Å². The molecular weight excluding hydrogens is 344 g/mol. The van der Waals surface area contributed by atoms with Crippen molar-refractivity contribution in [3.05, 3.63) is 0 Å². The van der Waals surface area contributed by atoms with E-state index in [4.69, 9.17) is 5.11 Å². The van der Waals surface area contributed by atoms with Gasteiger partial charge in [-0.2, -0.15) is 0 Å². The van der Waals surface area contributed by atoms with E-state index in [1.54, 1.807) is 0 Å². The molecule has 3 fully saturated rings. The Labute approximate surface area is 174 Å². The Kier molecular flexibility index (Phi) is 9.18. The molecule has 0 aromatic rings. The second kappa shape index (κ2) is 11.6. The van der Waals surface area contributed by atoms with Crippen molar-refractivity contribution in [2.24, 2.45) is 35.5 Å². The van der Waals surface area contributed by atoms with Gasteiger partial charge in [0.1, 0.15) is 0 Å². The monoisotopic (exact) mass is 390 g/mol. The molecule has 1 N–H and O–H groups in total. The maximum absolute atomic E-state index is 11.1. The average molecular weight is 391 g/mol. The van der Waals surface area contributed by atoms with Gasteiger partial charge in [-0.25, -0.2) is 0 Å². The van der Waals surface area contributed by atoms with E-state index >= 15 is 0 Å². The molecule has 2 nitrogen and oxygen atoms in total. The van der Waals surface area contributed by atoms with Gasteiger partial charge in [0.15, 0.2) is 0 Å². The van der Waals surface area contributed by atoms with Crippen LogP contribution in [0.5, 0.6) is 0 Å². The third-order valence-corrected chi connectivity index (χ3v) is 8.79. The maximum Gasteiger partial charge on any atom is 0.306 e. The zero-order chi connectivity index (χ0) is 19.8. The third-order valence-electron chi connectivity index (χ3n) is 8.79. The highest BCUT2D eigenvalue weighted by Gasteiger charge is 2.28. The summed E-state index contributed by atoms with van der Waals surface area (Å²) in [5, 5.41) is 9.14. The van der Waals surface area contributed by atoms with Crippen LogP contribution in [0.25, 0.3) is 0 Å². The first kappa shape index (κ1) is 22.2. The van der Waals surface area contributed by atoms with Gasteiger partial charge in [-0.3, -0.25) is 4.79 Å². The normalized spacial score (nSPS) is 36.9. The summed E-state index contributed by atoms with van der Waals surface area (Å²) >= 11 is 0. The number of carbonyl (C=O) groups is 1. The molecule has 162 valence electrons. The smallest absolute Gasteiger partial charge is 0.306 e. The van der Waals surface area contributed by atoms with Crippen LogP contribution in [0, 0.1) is 35.5 Å². The van der Waals surface area contributed by atoms with Gasteiger partial charge in [0.05, 0.1) is 5.92 Å². The fourth-order valence-corrected chi connectivity index (χ4v) is 6.67. The first-order valence-corrected chi connectivity index (χ1v) is 12.9. The van der Waals surface area contributed by atoms with E-state index in [1.165, 1.54) is 89.9 Å². The zero-order valence-corrected chi connectivity index (χ0v) is 18.5. The fraction of sp³-hybridized carbons (Fsp3) is 0.962. The molecule has 0 heterocycles. The molecule has 0 spiro atoms. The lowest BCUT2D eigenvalue weighted by molar-refractivity contribution is -0.143. The molecule has 3 aliphatic carbocycles. The Balaban J connectivity index is 1.23. The SMILES string of the molecule is CCCC1CCC(CCC2CCC(CCC3CCC(C(=O)O)CC3)CC2)CC1. The minimum Gasteiger partial charge on any atom is -0.481 e. The quantitative estimate of drug-likeness (QED) is 0.435.